The zero-order valence-electron chi connectivity index (χ0n) is 9.29. The Balaban J connectivity index is 2.41. The summed E-state index contributed by atoms with van der Waals surface area (Å²) in [5.74, 6) is 0. The highest BCUT2D eigenvalue weighted by Crippen LogP contribution is 2.31. The maximum absolute atomic E-state index is 12.4. The molecule has 2 rings (SSSR count). The maximum atomic E-state index is 12.4. The first-order valence-corrected chi connectivity index (χ1v) is 5.43. The Morgan fingerprint density at radius 1 is 1.06 bits per heavy atom. The normalized spacial score (nSPS) is 11.6. The van der Waals surface area contributed by atoms with Crippen LogP contribution in [0.3, 0.4) is 0 Å². The Kier molecular flexibility index (Phi) is 3.26. The van der Waals surface area contributed by atoms with Gasteiger partial charge in [-0.25, -0.2) is 0 Å². The first-order valence-electron chi connectivity index (χ1n) is 5.05. The second-order valence-electron chi connectivity index (χ2n) is 3.77. The molecule has 1 aromatic heterocycles. The van der Waals surface area contributed by atoms with E-state index in [2.05, 4.69) is 10.2 Å². The van der Waals surface area contributed by atoms with Crippen LogP contribution in [0.25, 0.3) is 11.3 Å². The van der Waals surface area contributed by atoms with Crippen molar-refractivity contribution in [3.63, 3.8) is 0 Å². The van der Waals surface area contributed by atoms with Gasteiger partial charge in [0.25, 0.3) is 0 Å². The van der Waals surface area contributed by atoms with E-state index in [0.29, 0.717) is 11.3 Å². The fraction of sp³-hybridized carbons (Fsp3) is 0.167. The van der Waals surface area contributed by atoms with Crippen LogP contribution in [-0.2, 0) is 6.18 Å². The van der Waals surface area contributed by atoms with Gasteiger partial charge in [-0.3, -0.25) is 0 Å². The summed E-state index contributed by atoms with van der Waals surface area (Å²) in [4.78, 5) is 0. The highest BCUT2D eigenvalue weighted by atomic mass is 35.5. The summed E-state index contributed by atoms with van der Waals surface area (Å²) in [6.45, 7) is 1.77. The van der Waals surface area contributed by atoms with Crippen molar-refractivity contribution in [2.24, 2.45) is 0 Å². The molecule has 0 radical (unpaired) electrons. The first kappa shape index (κ1) is 12.8. The minimum Gasteiger partial charge on any atom is -0.166 e. The van der Waals surface area contributed by atoms with Crippen molar-refractivity contribution in [2.45, 2.75) is 13.1 Å². The lowest BCUT2D eigenvalue weighted by Gasteiger charge is -2.08. The van der Waals surface area contributed by atoms with Crippen LogP contribution in [-0.4, -0.2) is 10.2 Å². The summed E-state index contributed by atoms with van der Waals surface area (Å²) >= 11 is 5.67. The molecule has 0 saturated carbocycles. The second-order valence-corrected chi connectivity index (χ2v) is 4.16. The number of rotatable bonds is 1. The monoisotopic (exact) mass is 272 g/mol. The Hall–Kier alpha value is -1.62. The molecular weight excluding hydrogens is 265 g/mol. The Morgan fingerprint density at radius 3 is 2.17 bits per heavy atom. The number of nitrogens with zero attached hydrogens (tertiary/aromatic N) is 2. The van der Waals surface area contributed by atoms with Crippen molar-refractivity contribution >= 4 is 11.6 Å². The first-order chi connectivity index (χ1) is 8.38. The molecule has 0 unspecified atom stereocenters. The zero-order chi connectivity index (χ0) is 13.3. The predicted molar refractivity (Wildman–Crippen MR) is 62.2 cm³/mol. The van der Waals surface area contributed by atoms with Gasteiger partial charge in [-0.05, 0) is 30.7 Å². The van der Waals surface area contributed by atoms with Crippen molar-refractivity contribution in [1.29, 1.82) is 0 Å². The van der Waals surface area contributed by atoms with Gasteiger partial charge in [-0.1, -0.05) is 23.7 Å². The Morgan fingerprint density at radius 2 is 1.67 bits per heavy atom. The van der Waals surface area contributed by atoms with Crippen LogP contribution in [0.15, 0.2) is 30.3 Å². The molecule has 0 atom stereocenters. The molecule has 2 nitrogen and oxygen atoms in total. The van der Waals surface area contributed by atoms with E-state index in [1.54, 1.807) is 13.0 Å². The third-order valence-corrected chi connectivity index (χ3v) is 2.63. The molecule has 0 fully saturated rings. The van der Waals surface area contributed by atoms with Gasteiger partial charge in [0.15, 0.2) is 5.15 Å². The molecule has 1 heterocycles. The van der Waals surface area contributed by atoms with Gasteiger partial charge in [0.2, 0.25) is 0 Å². The maximum Gasteiger partial charge on any atom is 0.416 e. The number of benzene rings is 1. The molecule has 0 saturated heterocycles. The highest BCUT2D eigenvalue weighted by molar-refractivity contribution is 6.29. The average molecular weight is 273 g/mol. The highest BCUT2D eigenvalue weighted by Gasteiger charge is 2.30. The topological polar surface area (TPSA) is 25.8 Å². The van der Waals surface area contributed by atoms with Crippen LogP contribution < -0.4 is 0 Å². The van der Waals surface area contributed by atoms with Gasteiger partial charge >= 0.3 is 6.18 Å². The molecule has 0 aliphatic heterocycles. The largest absolute Gasteiger partial charge is 0.416 e. The quantitative estimate of drug-likeness (QED) is 0.780. The lowest BCUT2D eigenvalue weighted by molar-refractivity contribution is -0.137. The molecule has 0 amide bonds. The minimum atomic E-state index is -4.33. The van der Waals surface area contributed by atoms with Crippen LogP contribution in [0, 0.1) is 6.92 Å². The van der Waals surface area contributed by atoms with Crippen molar-refractivity contribution in [2.75, 3.05) is 0 Å². The van der Waals surface area contributed by atoms with Crippen molar-refractivity contribution in [1.82, 2.24) is 10.2 Å². The molecule has 94 valence electrons. The van der Waals surface area contributed by atoms with Crippen molar-refractivity contribution in [3.8, 4) is 11.3 Å². The summed E-state index contributed by atoms with van der Waals surface area (Å²) in [6.07, 6.45) is -4.33. The molecule has 6 heteroatoms. The van der Waals surface area contributed by atoms with Gasteiger partial charge in [0.1, 0.15) is 0 Å². The van der Waals surface area contributed by atoms with Crippen molar-refractivity contribution < 1.29 is 13.2 Å². The zero-order valence-corrected chi connectivity index (χ0v) is 10.0. The number of aromatic nitrogens is 2. The molecular formula is C12H8ClF3N2. The molecule has 0 aliphatic carbocycles. The molecule has 1 aromatic carbocycles. The fourth-order valence-corrected chi connectivity index (χ4v) is 1.76. The van der Waals surface area contributed by atoms with Gasteiger partial charge < -0.3 is 0 Å². The summed E-state index contributed by atoms with van der Waals surface area (Å²) in [7, 11) is 0. The fourth-order valence-electron chi connectivity index (χ4n) is 1.56. The summed E-state index contributed by atoms with van der Waals surface area (Å²) < 4.78 is 37.2. The number of aryl methyl sites for hydroxylation is 1. The molecule has 2 aromatic rings. The van der Waals surface area contributed by atoms with Crippen LogP contribution in [0.2, 0.25) is 5.15 Å². The molecule has 0 bridgehead atoms. The number of hydrogen-bond donors (Lipinski definition) is 0. The minimum absolute atomic E-state index is 0.253. The van der Waals surface area contributed by atoms with E-state index in [9.17, 15) is 13.2 Å². The van der Waals surface area contributed by atoms with E-state index in [1.165, 1.54) is 12.1 Å². The second kappa shape index (κ2) is 4.57. The number of hydrogen-bond acceptors (Lipinski definition) is 2. The van der Waals surface area contributed by atoms with E-state index in [1.807, 2.05) is 0 Å². The van der Waals surface area contributed by atoms with Crippen LogP contribution in [0.4, 0.5) is 13.2 Å². The Labute approximate surface area is 106 Å². The molecule has 18 heavy (non-hydrogen) atoms. The standard InChI is InChI=1S/C12H8ClF3N2/c1-7-6-10(13)17-18-11(7)8-2-4-9(5-3-8)12(14,15)16/h2-6H,1H3. The van der Waals surface area contributed by atoms with Crippen LogP contribution in [0.5, 0.6) is 0 Å². The SMILES string of the molecule is Cc1cc(Cl)nnc1-c1ccc(C(F)(F)F)cc1. The number of halogens is 4. The molecule has 0 aliphatic rings. The molecule has 0 N–H and O–H groups in total. The number of alkyl halides is 3. The van der Waals surface area contributed by atoms with Gasteiger partial charge in [0.05, 0.1) is 11.3 Å². The smallest absolute Gasteiger partial charge is 0.166 e. The molecule has 0 spiro atoms. The Bertz CT molecular complexity index is 565. The lowest BCUT2D eigenvalue weighted by atomic mass is 10.1. The van der Waals surface area contributed by atoms with Crippen molar-refractivity contribution in [3.05, 3.63) is 46.6 Å². The average Bonchev–Trinajstić information content (AvgIpc) is 2.28. The van der Waals surface area contributed by atoms with Gasteiger partial charge in [-0.2, -0.15) is 13.2 Å². The third kappa shape index (κ3) is 2.61. The predicted octanol–water partition coefficient (Wildman–Crippen LogP) is 4.12. The van der Waals surface area contributed by atoms with E-state index in [0.717, 1.165) is 17.7 Å². The lowest BCUT2D eigenvalue weighted by Crippen LogP contribution is -2.04. The van der Waals surface area contributed by atoms with E-state index < -0.39 is 11.7 Å². The summed E-state index contributed by atoms with van der Waals surface area (Å²) in [6, 6.07) is 6.39. The third-order valence-electron chi connectivity index (χ3n) is 2.44. The van der Waals surface area contributed by atoms with Crippen LogP contribution >= 0.6 is 11.6 Å². The summed E-state index contributed by atoms with van der Waals surface area (Å²) in [5, 5.41) is 7.81. The van der Waals surface area contributed by atoms with E-state index >= 15 is 0 Å². The van der Waals surface area contributed by atoms with E-state index in [-0.39, 0.29) is 5.15 Å². The van der Waals surface area contributed by atoms with Crippen LogP contribution in [0.1, 0.15) is 11.1 Å². The van der Waals surface area contributed by atoms with E-state index in [4.69, 9.17) is 11.6 Å². The van der Waals surface area contributed by atoms with Gasteiger partial charge in [0, 0.05) is 5.56 Å². The summed E-state index contributed by atoms with van der Waals surface area (Å²) in [5.41, 5.74) is 1.17. The van der Waals surface area contributed by atoms with Gasteiger partial charge in [-0.15, -0.1) is 10.2 Å².